The molecule has 2 aromatic rings. The van der Waals surface area contributed by atoms with Crippen LogP contribution < -0.4 is 9.47 Å². The van der Waals surface area contributed by atoms with E-state index < -0.39 is 0 Å². The van der Waals surface area contributed by atoms with Crippen molar-refractivity contribution < 1.29 is 14.3 Å². The van der Waals surface area contributed by atoms with Crippen molar-refractivity contribution in [2.75, 3.05) is 7.11 Å². The minimum Gasteiger partial charge on any atom is -0.493 e. The van der Waals surface area contributed by atoms with E-state index in [1.807, 2.05) is 12.1 Å². The Kier molecular flexibility index (Phi) is 4.81. The average Bonchev–Trinajstić information content (AvgIpc) is 2.62. The maximum absolute atomic E-state index is 12.2. The van der Waals surface area contributed by atoms with Gasteiger partial charge in [0, 0.05) is 6.07 Å². The first kappa shape index (κ1) is 16.1. The number of rotatable bonds is 4. The molecule has 24 heavy (non-hydrogen) atoms. The van der Waals surface area contributed by atoms with Gasteiger partial charge in [0.2, 0.25) is 0 Å². The number of hydrogen-bond acceptors (Lipinski definition) is 4. The van der Waals surface area contributed by atoms with Gasteiger partial charge >= 0.3 is 5.97 Å². The number of carbonyl (C=O) groups excluding carboxylic acids is 1. The van der Waals surface area contributed by atoms with Gasteiger partial charge in [0.1, 0.15) is 0 Å². The molecular weight excluding hydrogens is 302 g/mol. The third-order valence-corrected chi connectivity index (χ3v) is 4.28. The number of ether oxygens (including phenoxy) is 2. The molecule has 1 aliphatic rings. The summed E-state index contributed by atoms with van der Waals surface area (Å²) in [5.41, 5.74) is 4.17. The number of nitriles is 1. The van der Waals surface area contributed by atoms with E-state index in [9.17, 15) is 4.79 Å². The highest BCUT2D eigenvalue weighted by Gasteiger charge is 2.14. The van der Waals surface area contributed by atoms with Gasteiger partial charge in [0.15, 0.2) is 11.5 Å². The van der Waals surface area contributed by atoms with Crippen LogP contribution in [0.5, 0.6) is 11.5 Å². The number of hydrogen-bond donors (Lipinski definition) is 0. The lowest BCUT2D eigenvalue weighted by atomic mass is 9.90. The molecule has 4 heteroatoms. The molecule has 0 radical (unpaired) electrons. The van der Waals surface area contributed by atoms with Crippen LogP contribution in [0.4, 0.5) is 0 Å². The van der Waals surface area contributed by atoms with E-state index in [4.69, 9.17) is 14.7 Å². The summed E-state index contributed by atoms with van der Waals surface area (Å²) in [5, 5.41) is 8.91. The fraction of sp³-hybridized carbons (Fsp3) is 0.300. The van der Waals surface area contributed by atoms with Crippen molar-refractivity contribution >= 4 is 5.97 Å². The van der Waals surface area contributed by atoms with Crippen molar-refractivity contribution in [2.45, 2.75) is 32.1 Å². The third kappa shape index (κ3) is 3.57. The molecule has 0 aromatic heterocycles. The SMILES string of the molecule is COc1cc(C#N)ccc1OC(=O)Cc1ccc2c(c1)CCCC2. The van der Waals surface area contributed by atoms with Crippen molar-refractivity contribution in [2.24, 2.45) is 0 Å². The van der Waals surface area contributed by atoms with Gasteiger partial charge in [0.05, 0.1) is 25.2 Å². The summed E-state index contributed by atoms with van der Waals surface area (Å²) >= 11 is 0. The van der Waals surface area contributed by atoms with Gasteiger partial charge in [-0.1, -0.05) is 18.2 Å². The topological polar surface area (TPSA) is 59.3 Å². The van der Waals surface area contributed by atoms with Crippen molar-refractivity contribution in [3.63, 3.8) is 0 Å². The lowest BCUT2D eigenvalue weighted by Crippen LogP contribution is -2.13. The quantitative estimate of drug-likeness (QED) is 0.638. The molecule has 0 bridgehead atoms. The monoisotopic (exact) mass is 321 g/mol. The maximum atomic E-state index is 12.2. The first-order chi connectivity index (χ1) is 11.7. The summed E-state index contributed by atoms with van der Waals surface area (Å²) < 4.78 is 10.6. The minimum absolute atomic E-state index is 0.219. The van der Waals surface area contributed by atoms with Crippen LogP contribution in [0, 0.1) is 11.3 Å². The highest BCUT2D eigenvalue weighted by atomic mass is 16.6. The van der Waals surface area contributed by atoms with Crippen LogP contribution in [-0.2, 0) is 24.1 Å². The molecule has 0 atom stereocenters. The molecule has 0 amide bonds. The van der Waals surface area contributed by atoms with Crippen LogP contribution >= 0.6 is 0 Å². The van der Waals surface area contributed by atoms with Gasteiger partial charge in [-0.3, -0.25) is 4.79 Å². The zero-order valence-corrected chi connectivity index (χ0v) is 13.7. The lowest BCUT2D eigenvalue weighted by Gasteiger charge is -2.16. The average molecular weight is 321 g/mol. The van der Waals surface area contributed by atoms with Crippen LogP contribution in [0.15, 0.2) is 36.4 Å². The zero-order valence-electron chi connectivity index (χ0n) is 13.7. The van der Waals surface area contributed by atoms with Gasteiger partial charge in [-0.15, -0.1) is 0 Å². The lowest BCUT2D eigenvalue weighted by molar-refractivity contribution is -0.133. The molecule has 0 unspecified atom stereocenters. The standard InChI is InChI=1S/C20H19NO3/c1-23-19-11-15(13-21)7-9-18(19)24-20(22)12-14-6-8-16-4-2-3-5-17(16)10-14/h6-11H,2-5,12H2,1H3. The molecule has 2 aromatic carbocycles. The molecule has 1 aliphatic carbocycles. The first-order valence-corrected chi connectivity index (χ1v) is 8.09. The van der Waals surface area contributed by atoms with E-state index >= 15 is 0 Å². The Bertz CT molecular complexity index is 805. The number of esters is 1. The highest BCUT2D eigenvalue weighted by Crippen LogP contribution is 2.28. The molecule has 4 nitrogen and oxygen atoms in total. The number of carbonyl (C=O) groups is 1. The van der Waals surface area contributed by atoms with E-state index in [2.05, 4.69) is 12.1 Å². The van der Waals surface area contributed by atoms with Gasteiger partial charge in [-0.05, 0) is 54.5 Å². The largest absolute Gasteiger partial charge is 0.493 e. The maximum Gasteiger partial charge on any atom is 0.315 e. The Morgan fingerprint density at radius 1 is 1.08 bits per heavy atom. The van der Waals surface area contributed by atoms with Gasteiger partial charge in [0.25, 0.3) is 0 Å². The summed E-state index contributed by atoms with van der Waals surface area (Å²) in [6, 6.07) is 13.0. The van der Waals surface area contributed by atoms with E-state index in [1.165, 1.54) is 31.1 Å². The molecule has 3 rings (SSSR count). The number of fused-ring (bicyclic) bond motifs is 1. The zero-order chi connectivity index (χ0) is 16.9. The van der Waals surface area contributed by atoms with Crippen molar-refractivity contribution in [3.8, 4) is 17.6 Å². The summed E-state index contributed by atoms with van der Waals surface area (Å²) in [7, 11) is 1.48. The normalized spacial score (nSPS) is 12.8. The smallest absolute Gasteiger partial charge is 0.315 e. The number of aryl methyl sites for hydroxylation is 2. The fourth-order valence-corrected chi connectivity index (χ4v) is 3.04. The second-order valence-corrected chi connectivity index (χ2v) is 5.94. The molecule has 0 aliphatic heterocycles. The van der Waals surface area contributed by atoms with Gasteiger partial charge < -0.3 is 9.47 Å². The molecule has 0 spiro atoms. The van der Waals surface area contributed by atoms with Crippen LogP contribution in [0.3, 0.4) is 0 Å². The van der Waals surface area contributed by atoms with Crippen molar-refractivity contribution in [3.05, 3.63) is 58.7 Å². The summed E-state index contributed by atoms with van der Waals surface area (Å²) in [5.74, 6) is 0.376. The van der Waals surface area contributed by atoms with Crippen molar-refractivity contribution in [1.29, 1.82) is 5.26 Å². The van der Waals surface area contributed by atoms with E-state index in [1.54, 1.807) is 18.2 Å². The number of methoxy groups -OCH3 is 1. The van der Waals surface area contributed by atoms with E-state index in [0.717, 1.165) is 18.4 Å². The highest BCUT2D eigenvalue weighted by molar-refractivity contribution is 5.76. The Morgan fingerprint density at radius 3 is 2.62 bits per heavy atom. The molecule has 0 saturated heterocycles. The Hall–Kier alpha value is -2.80. The van der Waals surface area contributed by atoms with Crippen LogP contribution in [-0.4, -0.2) is 13.1 Å². The first-order valence-electron chi connectivity index (χ1n) is 8.09. The second-order valence-electron chi connectivity index (χ2n) is 5.94. The Balaban J connectivity index is 1.71. The number of benzene rings is 2. The minimum atomic E-state index is -0.339. The third-order valence-electron chi connectivity index (χ3n) is 4.28. The van der Waals surface area contributed by atoms with E-state index in [0.29, 0.717) is 17.1 Å². The molecule has 0 N–H and O–H groups in total. The molecule has 0 heterocycles. The molecule has 0 fully saturated rings. The van der Waals surface area contributed by atoms with Crippen LogP contribution in [0.25, 0.3) is 0 Å². The molecule has 122 valence electrons. The summed E-state index contributed by atoms with van der Waals surface area (Å²) in [6.07, 6.45) is 4.89. The molecule has 0 saturated carbocycles. The van der Waals surface area contributed by atoms with Crippen LogP contribution in [0.1, 0.15) is 35.1 Å². The van der Waals surface area contributed by atoms with Crippen LogP contribution in [0.2, 0.25) is 0 Å². The Labute approximate surface area is 141 Å². The van der Waals surface area contributed by atoms with Gasteiger partial charge in [-0.25, -0.2) is 0 Å². The Morgan fingerprint density at radius 2 is 1.88 bits per heavy atom. The second kappa shape index (κ2) is 7.18. The predicted octanol–water partition coefficient (Wildman–Crippen LogP) is 3.59. The summed E-state index contributed by atoms with van der Waals surface area (Å²) in [4.78, 5) is 12.2. The van der Waals surface area contributed by atoms with Crippen molar-refractivity contribution in [1.82, 2.24) is 0 Å². The summed E-state index contributed by atoms with van der Waals surface area (Å²) in [6.45, 7) is 0. The number of nitrogens with zero attached hydrogens (tertiary/aromatic N) is 1. The predicted molar refractivity (Wildman–Crippen MR) is 90.1 cm³/mol. The van der Waals surface area contributed by atoms with Gasteiger partial charge in [-0.2, -0.15) is 5.26 Å². The molecular formula is C20H19NO3. The van der Waals surface area contributed by atoms with E-state index in [-0.39, 0.29) is 12.4 Å². The fourth-order valence-electron chi connectivity index (χ4n) is 3.04.